The second kappa shape index (κ2) is 8.92. The number of nitrogens with zero attached hydrogens (tertiary/aromatic N) is 2. The average molecular weight is 395 g/mol. The Morgan fingerprint density at radius 1 is 0.828 bits per heavy atom. The zero-order valence-corrected chi connectivity index (χ0v) is 16.6. The van der Waals surface area contributed by atoms with Crippen LogP contribution in [0.25, 0.3) is 11.1 Å². The van der Waals surface area contributed by atoms with Crippen molar-refractivity contribution < 1.29 is 23.7 Å². The lowest BCUT2D eigenvalue weighted by molar-refractivity contribution is 0.102. The summed E-state index contributed by atoms with van der Waals surface area (Å²) in [5, 5.41) is 2.83. The number of aromatic nitrogens is 2. The molecule has 3 aromatic rings. The van der Waals surface area contributed by atoms with Gasteiger partial charge in [-0.05, 0) is 12.1 Å². The van der Waals surface area contributed by atoms with Crippen molar-refractivity contribution in [2.45, 2.75) is 0 Å². The van der Waals surface area contributed by atoms with Crippen LogP contribution in [0.2, 0.25) is 0 Å². The Morgan fingerprint density at radius 2 is 1.55 bits per heavy atom. The Labute approximate surface area is 168 Å². The number of ether oxygens (including phenoxy) is 4. The Morgan fingerprint density at radius 3 is 2.10 bits per heavy atom. The molecule has 0 saturated carbocycles. The van der Waals surface area contributed by atoms with E-state index in [0.29, 0.717) is 34.4 Å². The van der Waals surface area contributed by atoms with E-state index in [0.717, 1.165) is 11.1 Å². The number of carbonyl (C=O) groups is 1. The van der Waals surface area contributed by atoms with Gasteiger partial charge < -0.3 is 24.3 Å². The van der Waals surface area contributed by atoms with Gasteiger partial charge in [-0.3, -0.25) is 9.78 Å². The minimum atomic E-state index is -0.324. The van der Waals surface area contributed by atoms with E-state index in [1.807, 2.05) is 6.07 Å². The van der Waals surface area contributed by atoms with Crippen LogP contribution in [0.3, 0.4) is 0 Å². The molecule has 0 spiro atoms. The van der Waals surface area contributed by atoms with Crippen LogP contribution in [-0.2, 0) is 0 Å². The number of rotatable bonds is 7. The zero-order valence-electron chi connectivity index (χ0n) is 16.6. The second-order valence-electron chi connectivity index (χ2n) is 5.92. The molecule has 0 radical (unpaired) electrons. The smallest absolute Gasteiger partial charge is 0.257 e. The van der Waals surface area contributed by atoms with Crippen molar-refractivity contribution >= 4 is 11.6 Å². The fourth-order valence-corrected chi connectivity index (χ4v) is 2.75. The molecule has 1 N–H and O–H groups in total. The van der Waals surface area contributed by atoms with Gasteiger partial charge in [0, 0.05) is 53.6 Å². The van der Waals surface area contributed by atoms with E-state index in [1.54, 1.807) is 43.8 Å². The lowest BCUT2D eigenvalue weighted by Gasteiger charge is -2.14. The molecule has 0 bridgehead atoms. The highest BCUT2D eigenvalue weighted by Crippen LogP contribution is 2.40. The van der Waals surface area contributed by atoms with Gasteiger partial charge in [0.05, 0.1) is 34.0 Å². The first-order valence-electron chi connectivity index (χ1n) is 8.66. The summed E-state index contributed by atoms with van der Waals surface area (Å²) in [6.07, 6.45) is 4.82. The second-order valence-corrected chi connectivity index (χ2v) is 5.92. The first-order chi connectivity index (χ1) is 14.1. The zero-order chi connectivity index (χ0) is 20.8. The number of pyridine rings is 2. The van der Waals surface area contributed by atoms with Gasteiger partial charge in [-0.1, -0.05) is 0 Å². The van der Waals surface area contributed by atoms with E-state index < -0.39 is 0 Å². The molecule has 0 aliphatic rings. The summed E-state index contributed by atoms with van der Waals surface area (Å²) < 4.78 is 21.0. The standard InChI is InChI=1S/C21H21N3O5/c1-26-17-8-16(9-18(27-2)20(17)29-4)24-21(25)15-7-14(10-22-11-15)13-5-6-19(28-3)23-12-13/h5-12H,1-4H3,(H,24,25). The molecule has 0 unspecified atom stereocenters. The monoisotopic (exact) mass is 395 g/mol. The predicted octanol–water partition coefficient (Wildman–Crippen LogP) is 3.43. The summed E-state index contributed by atoms with van der Waals surface area (Å²) in [5.74, 6) is 1.52. The van der Waals surface area contributed by atoms with E-state index >= 15 is 0 Å². The first kappa shape index (κ1) is 19.9. The van der Waals surface area contributed by atoms with Crippen LogP contribution in [0.1, 0.15) is 10.4 Å². The molecule has 2 heterocycles. The molecular weight excluding hydrogens is 374 g/mol. The highest BCUT2D eigenvalue weighted by Gasteiger charge is 2.15. The number of hydrogen-bond acceptors (Lipinski definition) is 7. The lowest BCUT2D eigenvalue weighted by Crippen LogP contribution is -2.12. The minimum Gasteiger partial charge on any atom is -0.493 e. The highest BCUT2D eigenvalue weighted by molar-refractivity contribution is 6.05. The summed E-state index contributed by atoms with van der Waals surface area (Å²) in [6.45, 7) is 0. The Hall–Kier alpha value is -3.81. The van der Waals surface area contributed by atoms with Crippen molar-refractivity contribution in [1.29, 1.82) is 0 Å². The molecule has 8 heteroatoms. The van der Waals surface area contributed by atoms with Crippen molar-refractivity contribution in [2.75, 3.05) is 33.8 Å². The van der Waals surface area contributed by atoms with Crippen LogP contribution in [0.4, 0.5) is 5.69 Å². The van der Waals surface area contributed by atoms with E-state index in [1.165, 1.54) is 27.5 Å². The van der Waals surface area contributed by atoms with E-state index in [4.69, 9.17) is 18.9 Å². The van der Waals surface area contributed by atoms with E-state index in [9.17, 15) is 4.79 Å². The largest absolute Gasteiger partial charge is 0.493 e. The van der Waals surface area contributed by atoms with Crippen LogP contribution in [0, 0.1) is 0 Å². The summed E-state index contributed by atoms with van der Waals surface area (Å²) in [4.78, 5) is 21.1. The number of amides is 1. The third-order valence-corrected chi connectivity index (χ3v) is 4.20. The number of carbonyl (C=O) groups excluding carboxylic acids is 1. The average Bonchev–Trinajstić information content (AvgIpc) is 2.78. The van der Waals surface area contributed by atoms with Crippen molar-refractivity contribution in [3.05, 3.63) is 54.5 Å². The molecule has 1 amide bonds. The molecule has 0 aliphatic heterocycles. The minimum absolute atomic E-state index is 0.324. The molecule has 0 fully saturated rings. The molecule has 0 atom stereocenters. The molecule has 3 rings (SSSR count). The normalized spacial score (nSPS) is 10.2. The number of anilines is 1. The van der Waals surface area contributed by atoms with Crippen molar-refractivity contribution in [2.24, 2.45) is 0 Å². The third-order valence-electron chi connectivity index (χ3n) is 4.20. The van der Waals surface area contributed by atoms with Gasteiger partial charge in [0.1, 0.15) is 0 Å². The predicted molar refractivity (Wildman–Crippen MR) is 108 cm³/mol. The maximum atomic E-state index is 12.8. The van der Waals surface area contributed by atoms with Gasteiger partial charge >= 0.3 is 0 Å². The van der Waals surface area contributed by atoms with Gasteiger partial charge in [-0.2, -0.15) is 0 Å². The molecule has 150 valence electrons. The molecule has 0 aliphatic carbocycles. The van der Waals surface area contributed by atoms with Gasteiger partial charge in [0.2, 0.25) is 11.6 Å². The number of methoxy groups -OCH3 is 4. The maximum absolute atomic E-state index is 12.8. The Bertz CT molecular complexity index is 980. The molecule has 29 heavy (non-hydrogen) atoms. The van der Waals surface area contributed by atoms with Crippen LogP contribution in [0.15, 0.2) is 48.9 Å². The molecule has 2 aromatic heterocycles. The van der Waals surface area contributed by atoms with E-state index in [-0.39, 0.29) is 5.91 Å². The number of hydrogen-bond donors (Lipinski definition) is 1. The highest BCUT2D eigenvalue weighted by atomic mass is 16.5. The molecule has 8 nitrogen and oxygen atoms in total. The van der Waals surface area contributed by atoms with Crippen LogP contribution >= 0.6 is 0 Å². The third kappa shape index (κ3) is 4.37. The van der Waals surface area contributed by atoms with E-state index in [2.05, 4.69) is 15.3 Å². The van der Waals surface area contributed by atoms with Crippen LogP contribution in [0.5, 0.6) is 23.1 Å². The molecule has 0 saturated heterocycles. The quantitative estimate of drug-likeness (QED) is 0.655. The van der Waals surface area contributed by atoms with Gasteiger partial charge in [-0.15, -0.1) is 0 Å². The molecule has 1 aromatic carbocycles. The first-order valence-corrected chi connectivity index (χ1v) is 8.66. The van der Waals surface area contributed by atoms with Crippen molar-refractivity contribution in [3.8, 4) is 34.3 Å². The summed E-state index contributed by atoms with van der Waals surface area (Å²) in [6, 6.07) is 8.65. The Kier molecular flexibility index (Phi) is 6.13. The SMILES string of the molecule is COc1ccc(-c2cncc(C(=O)Nc3cc(OC)c(OC)c(OC)c3)c2)cn1. The van der Waals surface area contributed by atoms with Gasteiger partial charge in [0.15, 0.2) is 11.5 Å². The fourth-order valence-electron chi connectivity index (χ4n) is 2.75. The summed E-state index contributed by atoms with van der Waals surface area (Å²) in [5.41, 5.74) is 2.48. The number of nitrogens with one attached hydrogen (secondary N) is 1. The summed E-state index contributed by atoms with van der Waals surface area (Å²) in [7, 11) is 6.10. The lowest BCUT2D eigenvalue weighted by atomic mass is 10.1. The number of benzene rings is 1. The van der Waals surface area contributed by atoms with Crippen molar-refractivity contribution in [3.63, 3.8) is 0 Å². The van der Waals surface area contributed by atoms with Crippen LogP contribution in [-0.4, -0.2) is 44.3 Å². The van der Waals surface area contributed by atoms with Gasteiger partial charge in [-0.25, -0.2) is 4.98 Å². The Balaban J connectivity index is 1.86. The molecular formula is C21H21N3O5. The van der Waals surface area contributed by atoms with Gasteiger partial charge in [0.25, 0.3) is 5.91 Å². The van der Waals surface area contributed by atoms with Crippen LogP contribution < -0.4 is 24.3 Å². The summed E-state index contributed by atoms with van der Waals surface area (Å²) >= 11 is 0. The van der Waals surface area contributed by atoms with Crippen molar-refractivity contribution in [1.82, 2.24) is 9.97 Å². The maximum Gasteiger partial charge on any atom is 0.257 e. The fraction of sp³-hybridized carbons (Fsp3) is 0.190. The topological polar surface area (TPSA) is 91.8 Å².